The van der Waals surface area contributed by atoms with Gasteiger partial charge < -0.3 is 10.5 Å². The molecule has 2 N–H and O–H groups in total. The van der Waals surface area contributed by atoms with Gasteiger partial charge in [-0.3, -0.25) is 0 Å². The molecule has 7 heteroatoms. The standard InChI is InChI=1S/C21H16Cl2N4O/c1-11-3-6-14(7-4-11)27-21-18(12(2)26-27)19(16(10-24)20(25)28-21)15-8-5-13(22)9-17(15)23/h3-9,19H,25H2,1-2H3. The van der Waals surface area contributed by atoms with Crippen LogP contribution in [-0.4, -0.2) is 9.78 Å². The van der Waals surface area contributed by atoms with Crippen LogP contribution in [0.3, 0.4) is 0 Å². The van der Waals surface area contributed by atoms with Crippen LogP contribution in [0.2, 0.25) is 10.0 Å². The molecule has 140 valence electrons. The Labute approximate surface area is 172 Å². The van der Waals surface area contributed by atoms with Gasteiger partial charge in [0.1, 0.15) is 11.6 Å². The molecule has 0 fully saturated rings. The number of halogens is 2. The smallest absolute Gasteiger partial charge is 0.229 e. The van der Waals surface area contributed by atoms with Gasteiger partial charge in [0.15, 0.2) is 0 Å². The fourth-order valence-corrected chi connectivity index (χ4v) is 3.94. The van der Waals surface area contributed by atoms with E-state index < -0.39 is 5.92 Å². The fourth-order valence-electron chi connectivity index (χ4n) is 3.42. The number of hydrogen-bond donors (Lipinski definition) is 1. The summed E-state index contributed by atoms with van der Waals surface area (Å²) in [6, 6.07) is 15.3. The van der Waals surface area contributed by atoms with E-state index in [-0.39, 0.29) is 5.88 Å². The maximum atomic E-state index is 9.75. The molecular formula is C21H16Cl2N4O. The lowest BCUT2D eigenvalue weighted by Gasteiger charge is -2.25. The summed E-state index contributed by atoms with van der Waals surface area (Å²) < 4.78 is 7.55. The monoisotopic (exact) mass is 410 g/mol. The third-order valence-corrected chi connectivity index (χ3v) is 5.35. The van der Waals surface area contributed by atoms with Crippen LogP contribution >= 0.6 is 23.2 Å². The Hall–Kier alpha value is -2.94. The molecule has 1 aliphatic rings. The second kappa shape index (κ2) is 6.90. The second-order valence-corrected chi connectivity index (χ2v) is 7.49. The summed E-state index contributed by atoms with van der Waals surface area (Å²) in [5.41, 5.74) is 10.6. The van der Waals surface area contributed by atoms with Gasteiger partial charge in [-0.15, -0.1) is 0 Å². The number of hydrogen-bond acceptors (Lipinski definition) is 4. The number of aromatic nitrogens is 2. The number of benzene rings is 2. The molecule has 0 saturated carbocycles. The molecule has 28 heavy (non-hydrogen) atoms. The number of rotatable bonds is 2. The van der Waals surface area contributed by atoms with Gasteiger partial charge in [0.2, 0.25) is 11.8 Å². The average Bonchev–Trinajstić information content (AvgIpc) is 2.98. The van der Waals surface area contributed by atoms with Gasteiger partial charge in [-0.25, -0.2) is 4.68 Å². The highest BCUT2D eigenvalue weighted by Crippen LogP contribution is 2.46. The number of nitriles is 1. The van der Waals surface area contributed by atoms with Crippen molar-refractivity contribution in [3.8, 4) is 17.6 Å². The van der Waals surface area contributed by atoms with Gasteiger partial charge in [-0.1, -0.05) is 47.0 Å². The normalized spacial score (nSPS) is 15.8. The molecule has 0 saturated heterocycles. The highest BCUT2D eigenvalue weighted by molar-refractivity contribution is 6.35. The Kier molecular flexibility index (Phi) is 4.54. The Bertz CT molecular complexity index is 1160. The van der Waals surface area contributed by atoms with Crippen molar-refractivity contribution in [3.63, 3.8) is 0 Å². The lowest BCUT2D eigenvalue weighted by Crippen LogP contribution is -2.22. The summed E-state index contributed by atoms with van der Waals surface area (Å²) in [7, 11) is 0. The summed E-state index contributed by atoms with van der Waals surface area (Å²) in [5.74, 6) is 0.0332. The predicted molar refractivity (Wildman–Crippen MR) is 109 cm³/mol. The quantitative estimate of drug-likeness (QED) is 0.643. The lowest BCUT2D eigenvalue weighted by molar-refractivity contribution is 0.367. The topological polar surface area (TPSA) is 76.9 Å². The summed E-state index contributed by atoms with van der Waals surface area (Å²) in [4.78, 5) is 0. The molecule has 5 nitrogen and oxygen atoms in total. The van der Waals surface area contributed by atoms with Crippen molar-refractivity contribution < 1.29 is 4.74 Å². The molecule has 2 aromatic carbocycles. The predicted octanol–water partition coefficient (Wildman–Crippen LogP) is 5.01. The molecule has 1 aliphatic heterocycles. The lowest BCUT2D eigenvalue weighted by atomic mass is 9.84. The van der Waals surface area contributed by atoms with Crippen molar-refractivity contribution in [2.24, 2.45) is 5.73 Å². The zero-order chi connectivity index (χ0) is 20.0. The fraction of sp³-hybridized carbons (Fsp3) is 0.143. The van der Waals surface area contributed by atoms with Crippen LogP contribution < -0.4 is 10.5 Å². The highest BCUT2D eigenvalue weighted by atomic mass is 35.5. The molecule has 1 aromatic heterocycles. The van der Waals surface area contributed by atoms with Crippen LogP contribution in [0.5, 0.6) is 5.88 Å². The van der Waals surface area contributed by atoms with Crippen molar-refractivity contribution in [1.82, 2.24) is 9.78 Å². The molecule has 2 heterocycles. The van der Waals surface area contributed by atoms with Crippen LogP contribution in [0.1, 0.15) is 28.3 Å². The van der Waals surface area contributed by atoms with Gasteiger partial charge in [0.25, 0.3) is 0 Å². The zero-order valence-corrected chi connectivity index (χ0v) is 16.7. The van der Waals surface area contributed by atoms with E-state index in [0.29, 0.717) is 21.5 Å². The Morgan fingerprint density at radius 3 is 2.50 bits per heavy atom. The van der Waals surface area contributed by atoms with Gasteiger partial charge >= 0.3 is 0 Å². The number of nitrogens with two attached hydrogens (primary N) is 1. The van der Waals surface area contributed by atoms with Crippen LogP contribution in [0.4, 0.5) is 0 Å². The summed E-state index contributed by atoms with van der Waals surface area (Å²) in [6.07, 6.45) is 0. The zero-order valence-electron chi connectivity index (χ0n) is 15.2. The molecule has 1 atom stereocenters. The van der Waals surface area contributed by atoms with Crippen molar-refractivity contribution >= 4 is 23.2 Å². The van der Waals surface area contributed by atoms with Crippen LogP contribution in [-0.2, 0) is 0 Å². The van der Waals surface area contributed by atoms with E-state index in [1.807, 2.05) is 38.1 Å². The van der Waals surface area contributed by atoms with E-state index >= 15 is 0 Å². The third-order valence-electron chi connectivity index (χ3n) is 4.78. The van der Waals surface area contributed by atoms with E-state index in [0.717, 1.165) is 28.1 Å². The molecule has 0 bridgehead atoms. The molecule has 0 spiro atoms. The van der Waals surface area contributed by atoms with Gasteiger partial charge in [0, 0.05) is 10.0 Å². The van der Waals surface area contributed by atoms with E-state index in [1.54, 1.807) is 22.9 Å². The van der Waals surface area contributed by atoms with E-state index in [2.05, 4.69) is 11.2 Å². The third kappa shape index (κ3) is 2.91. The molecule has 1 unspecified atom stereocenters. The SMILES string of the molecule is Cc1ccc(-n2nc(C)c3c2OC(N)=C(C#N)C3c2ccc(Cl)cc2Cl)cc1. The van der Waals surface area contributed by atoms with Crippen molar-refractivity contribution in [3.05, 3.63) is 86.4 Å². The molecule has 3 aromatic rings. The number of fused-ring (bicyclic) bond motifs is 1. The van der Waals surface area contributed by atoms with E-state index in [1.165, 1.54) is 0 Å². The molecule has 0 amide bonds. The Balaban J connectivity index is 1.96. The number of ether oxygens (including phenoxy) is 1. The molecule has 0 radical (unpaired) electrons. The Morgan fingerprint density at radius 1 is 1.14 bits per heavy atom. The van der Waals surface area contributed by atoms with Gasteiger partial charge in [0.05, 0.1) is 22.9 Å². The maximum absolute atomic E-state index is 9.75. The molecule has 0 aliphatic carbocycles. The van der Waals surface area contributed by atoms with Crippen molar-refractivity contribution in [1.29, 1.82) is 5.26 Å². The summed E-state index contributed by atoms with van der Waals surface area (Å²) >= 11 is 12.5. The minimum absolute atomic E-state index is 0.0410. The van der Waals surface area contributed by atoms with Gasteiger partial charge in [-0.2, -0.15) is 10.4 Å². The largest absolute Gasteiger partial charge is 0.422 e. The second-order valence-electron chi connectivity index (χ2n) is 6.64. The number of allylic oxidation sites excluding steroid dienone is 1. The number of aryl methyl sites for hydroxylation is 2. The minimum atomic E-state index is -0.488. The first-order chi connectivity index (χ1) is 13.4. The summed E-state index contributed by atoms with van der Waals surface area (Å²) in [6.45, 7) is 3.89. The maximum Gasteiger partial charge on any atom is 0.229 e. The summed E-state index contributed by atoms with van der Waals surface area (Å²) in [5, 5.41) is 15.4. The number of nitrogens with zero attached hydrogens (tertiary/aromatic N) is 3. The van der Waals surface area contributed by atoms with Crippen LogP contribution in [0.15, 0.2) is 53.9 Å². The van der Waals surface area contributed by atoms with E-state index in [4.69, 9.17) is 33.7 Å². The first-order valence-corrected chi connectivity index (χ1v) is 9.35. The molecular weight excluding hydrogens is 395 g/mol. The Morgan fingerprint density at radius 2 is 1.86 bits per heavy atom. The van der Waals surface area contributed by atoms with Crippen LogP contribution in [0.25, 0.3) is 5.69 Å². The van der Waals surface area contributed by atoms with Crippen LogP contribution in [0, 0.1) is 25.2 Å². The van der Waals surface area contributed by atoms with Crippen molar-refractivity contribution in [2.45, 2.75) is 19.8 Å². The van der Waals surface area contributed by atoms with Crippen molar-refractivity contribution in [2.75, 3.05) is 0 Å². The minimum Gasteiger partial charge on any atom is -0.422 e. The van der Waals surface area contributed by atoms with E-state index in [9.17, 15) is 5.26 Å². The average molecular weight is 411 g/mol. The van der Waals surface area contributed by atoms with Gasteiger partial charge in [-0.05, 0) is 43.7 Å². The first-order valence-electron chi connectivity index (χ1n) is 8.59. The first kappa shape index (κ1) is 18.4. The molecule has 4 rings (SSSR count). The highest BCUT2D eigenvalue weighted by Gasteiger charge is 2.37.